The standard InChI is InChI=1S/C18H31NO7/c1-16(2,3)26-15(21)19-11(9-20)13-14(25-18(6,7)24-13)12(19)10-23-17(4,5)22-8/h9,11-14H,10H2,1-8H3/t11-,12-,13+,14-/m1/s1. The maximum absolute atomic E-state index is 12.8. The fourth-order valence-electron chi connectivity index (χ4n) is 3.15. The van der Waals surface area contributed by atoms with E-state index in [-0.39, 0.29) is 6.61 Å². The van der Waals surface area contributed by atoms with E-state index in [0.29, 0.717) is 6.29 Å². The van der Waals surface area contributed by atoms with E-state index in [1.807, 2.05) is 0 Å². The molecule has 0 aromatic heterocycles. The molecule has 2 heterocycles. The zero-order chi connectivity index (χ0) is 19.9. The van der Waals surface area contributed by atoms with E-state index in [1.165, 1.54) is 12.0 Å². The molecular formula is C18H31NO7. The summed E-state index contributed by atoms with van der Waals surface area (Å²) in [6, 6.07) is -1.35. The van der Waals surface area contributed by atoms with Gasteiger partial charge in [0.15, 0.2) is 11.6 Å². The Hall–Kier alpha value is -1.22. The summed E-state index contributed by atoms with van der Waals surface area (Å²) in [5.41, 5.74) is -0.694. The highest BCUT2D eigenvalue weighted by Gasteiger charge is 2.60. The Morgan fingerprint density at radius 1 is 1.15 bits per heavy atom. The lowest BCUT2D eigenvalue weighted by atomic mass is 10.1. The second-order valence-corrected chi connectivity index (χ2v) is 8.56. The Labute approximate surface area is 155 Å². The molecule has 0 bridgehead atoms. The van der Waals surface area contributed by atoms with Crippen LogP contribution < -0.4 is 0 Å². The van der Waals surface area contributed by atoms with Gasteiger partial charge in [0.1, 0.15) is 30.1 Å². The number of amides is 1. The minimum atomic E-state index is -0.844. The van der Waals surface area contributed by atoms with Crippen molar-refractivity contribution >= 4 is 12.4 Å². The minimum Gasteiger partial charge on any atom is -0.444 e. The molecule has 2 aliphatic rings. The van der Waals surface area contributed by atoms with E-state index in [0.717, 1.165) is 0 Å². The van der Waals surface area contributed by atoms with Crippen molar-refractivity contribution in [3.63, 3.8) is 0 Å². The third-order valence-corrected chi connectivity index (χ3v) is 4.39. The molecule has 4 atom stereocenters. The van der Waals surface area contributed by atoms with Crippen LogP contribution in [0.4, 0.5) is 4.79 Å². The molecule has 26 heavy (non-hydrogen) atoms. The van der Waals surface area contributed by atoms with E-state index < -0.39 is 47.6 Å². The molecule has 1 amide bonds. The monoisotopic (exact) mass is 373 g/mol. The smallest absolute Gasteiger partial charge is 0.411 e. The van der Waals surface area contributed by atoms with Crippen LogP contribution in [-0.2, 0) is 28.5 Å². The van der Waals surface area contributed by atoms with Gasteiger partial charge in [-0.3, -0.25) is 4.90 Å². The van der Waals surface area contributed by atoms with Crippen LogP contribution in [0.1, 0.15) is 48.5 Å². The van der Waals surface area contributed by atoms with Crippen molar-refractivity contribution in [1.29, 1.82) is 0 Å². The number of methoxy groups -OCH3 is 1. The maximum Gasteiger partial charge on any atom is 0.411 e. The molecule has 8 nitrogen and oxygen atoms in total. The van der Waals surface area contributed by atoms with E-state index in [1.54, 1.807) is 48.5 Å². The van der Waals surface area contributed by atoms with Crippen molar-refractivity contribution in [3.8, 4) is 0 Å². The number of hydrogen-bond donors (Lipinski definition) is 0. The third kappa shape index (κ3) is 4.54. The van der Waals surface area contributed by atoms with Gasteiger partial charge < -0.3 is 28.5 Å². The number of carbonyl (C=O) groups is 2. The van der Waals surface area contributed by atoms with Crippen LogP contribution in [-0.4, -0.2) is 72.5 Å². The Morgan fingerprint density at radius 3 is 2.23 bits per heavy atom. The molecule has 150 valence electrons. The lowest BCUT2D eigenvalue weighted by molar-refractivity contribution is -0.213. The molecule has 0 unspecified atom stereocenters. The van der Waals surface area contributed by atoms with Crippen molar-refractivity contribution in [3.05, 3.63) is 0 Å². The number of carbonyl (C=O) groups excluding carboxylic acids is 2. The third-order valence-electron chi connectivity index (χ3n) is 4.39. The number of likely N-dealkylation sites (tertiary alicyclic amines) is 1. The molecule has 0 aromatic carbocycles. The summed E-state index contributed by atoms with van der Waals surface area (Å²) in [5, 5.41) is 0. The van der Waals surface area contributed by atoms with Crippen LogP contribution in [0.3, 0.4) is 0 Å². The van der Waals surface area contributed by atoms with Crippen molar-refractivity contribution < 1.29 is 33.3 Å². The predicted octanol–water partition coefficient (Wildman–Crippen LogP) is 2.09. The average Bonchev–Trinajstić information content (AvgIpc) is 2.93. The highest BCUT2D eigenvalue weighted by Crippen LogP contribution is 2.41. The van der Waals surface area contributed by atoms with Crippen LogP contribution in [0.25, 0.3) is 0 Å². The first-order valence-corrected chi connectivity index (χ1v) is 8.81. The molecule has 0 spiro atoms. The first kappa shape index (κ1) is 21.1. The molecule has 2 rings (SSSR count). The Morgan fingerprint density at radius 2 is 1.73 bits per heavy atom. The summed E-state index contributed by atoms with van der Waals surface area (Å²) >= 11 is 0. The first-order chi connectivity index (χ1) is 11.8. The molecule has 0 N–H and O–H groups in total. The highest BCUT2D eigenvalue weighted by atomic mass is 16.8. The van der Waals surface area contributed by atoms with Gasteiger partial charge in [0.25, 0.3) is 0 Å². The fourth-order valence-corrected chi connectivity index (χ4v) is 3.15. The Bertz CT molecular complexity index is 540. The fraction of sp³-hybridized carbons (Fsp3) is 0.889. The summed E-state index contributed by atoms with van der Waals surface area (Å²) in [7, 11) is 1.54. The van der Waals surface area contributed by atoms with E-state index in [2.05, 4.69) is 0 Å². The summed E-state index contributed by atoms with van der Waals surface area (Å²) < 4.78 is 28.5. The summed E-state index contributed by atoms with van der Waals surface area (Å²) in [6.07, 6.45) is -0.971. The van der Waals surface area contributed by atoms with E-state index in [4.69, 9.17) is 23.7 Å². The van der Waals surface area contributed by atoms with Gasteiger partial charge in [0.05, 0.1) is 12.6 Å². The van der Waals surface area contributed by atoms with Gasteiger partial charge in [-0.2, -0.15) is 0 Å². The zero-order valence-electron chi connectivity index (χ0n) is 16.9. The van der Waals surface area contributed by atoms with E-state index >= 15 is 0 Å². The topological polar surface area (TPSA) is 83.5 Å². The molecule has 8 heteroatoms. The molecular weight excluding hydrogens is 342 g/mol. The summed E-state index contributed by atoms with van der Waals surface area (Å²) in [6.45, 7) is 12.5. The SMILES string of the molecule is COC(C)(C)OC[C@@H]1[C@H]2OC(C)(C)O[C@H]2[C@@H](C=O)N1C(=O)OC(C)(C)C. The van der Waals surface area contributed by atoms with Gasteiger partial charge in [-0.15, -0.1) is 0 Å². The van der Waals surface area contributed by atoms with Crippen LogP contribution in [0.15, 0.2) is 0 Å². The van der Waals surface area contributed by atoms with Gasteiger partial charge >= 0.3 is 6.09 Å². The van der Waals surface area contributed by atoms with Crippen molar-refractivity contribution in [1.82, 2.24) is 4.90 Å². The lowest BCUT2D eigenvalue weighted by Gasteiger charge is -2.35. The van der Waals surface area contributed by atoms with Crippen LogP contribution >= 0.6 is 0 Å². The summed E-state index contributed by atoms with van der Waals surface area (Å²) in [5.74, 6) is -1.69. The van der Waals surface area contributed by atoms with Gasteiger partial charge in [-0.05, 0) is 48.5 Å². The van der Waals surface area contributed by atoms with Gasteiger partial charge in [-0.25, -0.2) is 4.79 Å². The quantitative estimate of drug-likeness (QED) is 0.539. The van der Waals surface area contributed by atoms with Gasteiger partial charge in [0, 0.05) is 7.11 Å². The Kier molecular flexibility index (Phi) is 5.73. The lowest BCUT2D eigenvalue weighted by Crippen LogP contribution is -2.51. The highest BCUT2D eigenvalue weighted by molar-refractivity contribution is 5.76. The summed E-state index contributed by atoms with van der Waals surface area (Å²) in [4.78, 5) is 25.9. The van der Waals surface area contributed by atoms with Crippen molar-refractivity contribution in [2.45, 2.75) is 89.9 Å². The largest absolute Gasteiger partial charge is 0.444 e. The molecule has 2 aliphatic heterocycles. The van der Waals surface area contributed by atoms with E-state index in [9.17, 15) is 9.59 Å². The van der Waals surface area contributed by atoms with Crippen molar-refractivity contribution in [2.75, 3.05) is 13.7 Å². The van der Waals surface area contributed by atoms with Crippen LogP contribution in [0.2, 0.25) is 0 Å². The van der Waals surface area contributed by atoms with Crippen LogP contribution in [0, 0.1) is 0 Å². The number of hydrogen-bond acceptors (Lipinski definition) is 7. The average molecular weight is 373 g/mol. The number of nitrogens with zero attached hydrogens (tertiary/aromatic N) is 1. The Balaban J connectivity index is 2.29. The number of ether oxygens (including phenoxy) is 5. The molecule has 0 saturated carbocycles. The van der Waals surface area contributed by atoms with Gasteiger partial charge in [-0.1, -0.05) is 0 Å². The molecule has 0 aromatic rings. The zero-order valence-corrected chi connectivity index (χ0v) is 16.9. The first-order valence-electron chi connectivity index (χ1n) is 8.81. The normalized spacial score (nSPS) is 31.0. The molecule has 0 aliphatic carbocycles. The molecule has 2 fully saturated rings. The predicted molar refractivity (Wildman–Crippen MR) is 92.6 cm³/mol. The maximum atomic E-state index is 12.8. The number of rotatable bonds is 5. The second kappa shape index (κ2) is 7.07. The molecule has 0 radical (unpaired) electrons. The molecule has 2 saturated heterocycles. The second-order valence-electron chi connectivity index (χ2n) is 8.56. The minimum absolute atomic E-state index is 0.116. The number of aldehydes is 1. The van der Waals surface area contributed by atoms with Crippen LogP contribution in [0.5, 0.6) is 0 Å². The van der Waals surface area contributed by atoms with Gasteiger partial charge in [0.2, 0.25) is 0 Å². The number of fused-ring (bicyclic) bond motifs is 1. The van der Waals surface area contributed by atoms with Crippen molar-refractivity contribution in [2.24, 2.45) is 0 Å².